The zero-order chi connectivity index (χ0) is 15.8. The first-order valence-corrected chi connectivity index (χ1v) is 8.26. The quantitative estimate of drug-likeness (QED) is 0.902. The summed E-state index contributed by atoms with van der Waals surface area (Å²) >= 11 is 0. The van der Waals surface area contributed by atoms with Gasteiger partial charge in [-0.3, -0.25) is 9.59 Å². The van der Waals surface area contributed by atoms with Gasteiger partial charge in [-0.25, -0.2) is 0 Å². The third-order valence-corrected chi connectivity index (χ3v) is 4.36. The summed E-state index contributed by atoms with van der Waals surface area (Å²) in [5.74, 6) is -0.885. The molecule has 4 heteroatoms. The van der Waals surface area contributed by atoms with Crippen molar-refractivity contribution in [2.75, 3.05) is 6.54 Å². The maximum absolute atomic E-state index is 12.8. The van der Waals surface area contributed by atoms with Crippen LogP contribution in [0.5, 0.6) is 0 Å². The summed E-state index contributed by atoms with van der Waals surface area (Å²) in [6.07, 6.45) is 7.91. The molecular formula is C18H25NO3. The highest BCUT2D eigenvalue weighted by atomic mass is 16.4. The Kier molecular flexibility index (Phi) is 6.44. The van der Waals surface area contributed by atoms with Crippen LogP contribution in [0.2, 0.25) is 0 Å². The molecule has 0 heterocycles. The van der Waals surface area contributed by atoms with E-state index in [1.165, 1.54) is 19.3 Å². The Morgan fingerprint density at radius 2 is 1.59 bits per heavy atom. The number of nitrogens with zero attached hydrogens (tertiary/aromatic N) is 1. The van der Waals surface area contributed by atoms with Crippen LogP contribution in [0.15, 0.2) is 30.3 Å². The van der Waals surface area contributed by atoms with E-state index in [4.69, 9.17) is 5.11 Å². The zero-order valence-corrected chi connectivity index (χ0v) is 13.0. The summed E-state index contributed by atoms with van der Waals surface area (Å²) in [5, 5.41) is 8.98. The molecule has 0 unspecified atom stereocenters. The molecule has 22 heavy (non-hydrogen) atoms. The number of rotatable bonds is 5. The Labute approximate surface area is 132 Å². The van der Waals surface area contributed by atoms with Crippen molar-refractivity contribution in [1.82, 2.24) is 4.90 Å². The van der Waals surface area contributed by atoms with Gasteiger partial charge in [0.2, 0.25) is 0 Å². The highest BCUT2D eigenvalue weighted by Crippen LogP contribution is 2.23. The highest BCUT2D eigenvalue weighted by Gasteiger charge is 2.25. The van der Waals surface area contributed by atoms with E-state index >= 15 is 0 Å². The van der Waals surface area contributed by atoms with Crippen molar-refractivity contribution in [2.45, 2.75) is 57.4 Å². The summed E-state index contributed by atoms with van der Waals surface area (Å²) in [6.45, 7) is 0.299. The number of benzene rings is 1. The van der Waals surface area contributed by atoms with E-state index in [9.17, 15) is 9.59 Å². The number of hydrogen-bond donors (Lipinski definition) is 1. The number of carboxylic acids is 1. The maximum Gasteiger partial charge on any atom is 0.305 e. The van der Waals surface area contributed by atoms with E-state index in [0.717, 1.165) is 25.7 Å². The van der Waals surface area contributed by atoms with Crippen LogP contribution in [0.25, 0.3) is 0 Å². The van der Waals surface area contributed by atoms with E-state index < -0.39 is 5.97 Å². The molecule has 4 nitrogen and oxygen atoms in total. The highest BCUT2D eigenvalue weighted by molar-refractivity contribution is 5.94. The predicted molar refractivity (Wildman–Crippen MR) is 85.8 cm³/mol. The minimum absolute atomic E-state index is 0.00900. The Morgan fingerprint density at radius 1 is 1.00 bits per heavy atom. The van der Waals surface area contributed by atoms with Gasteiger partial charge in [-0.1, -0.05) is 50.3 Å². The first-order chi connectivity index (χ1) is 10.7. The van der Waals surface area contributed by atoms with Gasteiger partial charge in [0, 0.05) is 18.2 Å². The van der Waals surface area contributed by atoms with E-state index in [-0.39, 0.29) is 18.4 Å². The molecule has 0 atom stereocenters. The number of amides is 1. The predicted octanol–water partition coefficient (Wildman–Crippen LogP) is 3.72. The zero-order valence-electron chi connectivity index (χ0n) is 13.0. The van der Waals surface area contributed by atoms with Crippen molar-refractivity contribution in [3.63, 3.8) is 0 Å². The van der Waals surface area contributed by atoms with Gasteiger partial charge >= 0.3 is 5.97 Å². The van der Waals surface area contributed by atoms with Crippen molar-refractivity contribution in [3.05, 3.63) is 35.9 Å². The lowest BCUT2D eigenvalue weighted by molar-refractivity contribution is -0.137. The summed E-state index contributed by atoms with van der Waals surface area (Å²) in [6, 6.07) is 9.36. The Hall–Kier alpha value is -1.84. The van der Waals surface area contributed by atoms with Gasteiger partial charge in [-0.2, -0.15) is 0 Å². The molecule has 1 fully saturated rings. The van der Waals surface area contributed by atoms with Gasteiger partial charge < -0.3 is 10.0 Å². The molecule has 1 aromatic carbocycles. The molecule has 0 saturated heterocycles. The normalized spacial score (nSPS) is 16.5. The molecule has 0 bridgehead atoms. The fourth-order valence-corrected chi connectivity index (χ4v) is 3.16. The average molecular weight is 303 g/mol. The summed E-state index contributed by atoms with van der Waals surface area (Å²) in [5.41, 5.74) is 0.648. The smallest absolute Gasteiger partial charge is 0.305 e. The fraction of sp³-hybridized carbons (Fsp3) is 0.556. The summed E-state index contributed by atoms with van der Waals surface area (Å²) in [4.78, 5) is 25.5. The molecule has 0 radical (unpaired) electrons. The Bertz CT molecular complexity index is 478. The van der Waals surface area contributed by atoms with E-state index in [1.54, 1.807) is 17.0 Å². The lowest BCUT2D eigenvalue weighted by Gasteiger charge is -2.33. The topological polar surface area (TPSA) is 57.6 Å². The molecule has 1 aliphatic rings. The standard InChI is InChI=1S/C18H25NO3/c20-17(21)13-14-19(16-11-7-2-1-3-8-12-16)18(22)15-9-5-4-6-10-15/h4-6,9-10,16H,1-3,7-8,11-14H2,(H,20,21). The van der Waals surface area contributed by atoms with Crippen LogP contribution in [0.4, 0.5) is 0 Å². The molecule has 120 valence electrons. The van der Waals surface area contributed by atoms with Crippen LogP contribution in [-0.2, 0) is 4.79 Å². The second kappa shape index (κ2) is 8.57. The number of carbonyl (C=O) groups excluding carboxylic acids is 1. The number of hydrogen-bond acceptors (Lipinski definition) is 2. The maximum atomic E-state index is 12.8. The first kappa shape index (κ1) is 16.5. The van der Waals surface area contributed by atoms with Crippen LogP contribution in [0.3, 0.4) is 0 Å². The Morgan fingerprint density at radius 3 is 2.18 bits per heavy atom. The van der Waals surface area contributed by atoms with Gasteiger partial charge in [0.25, 0.3) is 5.91 Å². The first-order valence-electron chi connectivity index (χ1n) is 8.26. The molecule has 1 N–H and O–H groups in total. The molecule has 1 aromatic rings. The Balaban J connectivity index is 2.13. The molecule has 1 aliphatic carbocycles. The number of carbonyl (C=O) groups is 2. The van der Waals surface area contributed by atoms with Crippen LogP contribution in [-0.4, -0.2) is 34.5 Å². The van der Waals surface area contributed by atoms with Gasteiger partial charge in [-0.15, -0.1) is 0 Å². The number of carboxylic acid groups (broad SMARTS) is 1. The SMILES string of the molecule is O=C(O)CCN(C(=O)c1ccccc1)C1CCCCCCC1. The summed E-state index contributed by atoms with van der Waals surface area (Å²) in [7, 11) is 0. The molecule has 1 saturated carbocycles. The van der Waals surface area contributed by atoms with Crippen LogP contribution >= 0.6 is 0 Å². The van der Waals surface area contributed by atoms with Crippen molar-refractivity contribution in [2.24, 2.45) is 0 Å². The third kappa shape index (κ3) is 4.86. The van der Waals surface area contributed by atoms with Gasteiger partial charge in [0.1, 0.15) is 0 Å². The minimum Gasteiger partial charge on any atom is -0.481 e. The molecule has 0 aliphatic heterocycles. The minimum atomic E-state index is -0.850. The van der Waals surface area contributed by atoms with Gasteiger partial charge in [-0.05, 0) is 25.0 Å². The molecule has 0 spiro atoms. The van der Waals surface area contributed by atoms with Gasteiger partial charge in [0.15, 0.2) is 0 Å². The van der Waals surface area contributed by atoms with Crippen LogP contribution in [0, 0.1) is 0 Å². The second-order valence-electron chi connectivity index (χ2n) is 6.01. The lowest BCUT2D eigenvalue weighted by atomic mass is 9.95. The largest absolute Gasteiger partial charge is 0.481 e. The van der Waals surface area contributed by atoms with Crippen molar-refractivity contribution < 1.29 is 14.7 Å². The van der Waals surface area contributed by atoms with E-state index in [0.29, 0.717) is 12.1 Å². The van der Waals surface area contributed by atoms with Crippen LogP contribution in [0.1, 0.15) is 61.7 Å². The van der Waals surface area contributed by atoms with Crippen LogP contribution < -0.4 is 0 Å². The lowest BCUT2D eigenvalue weighted by Crippen LogP contribution is -2.42. The van der Waals surface area contributed by atoms with Crippen molar-refractivity contribution in [3.8, 4) is 0 Å². The number of aliphatic carboxylic acids is 1. The monoisotopic (exact) mass is 303 g/mol. The molecule has 1 amide bonds. The molecular weight excluding hydrogens is 278 g/mol. The average Bonchev–Trinajstić information content (AvgIpc) is 2.49. The van der Waals surface area contributed by atoms with E-state index in [2.05, 4.69) is 0 Å². The third-order valence-electron chi connectivity index (χ3n) is 4.36. The van der Waals surface area contributed by atoms with Gasteiger partial charge in [0.05, 0.1) is 6.42 Å². The molecule has 0 aromatic heterocycles. The van der Waals surface area contributed by atoms with Crippen molar-refractivity contribution in [1.29, 1.82) is 0 Å². The summed E-state index contributed by atoms with van der Waals surface area (Å²) < 4.78 is 0. The second-order valence-corrected chi connectivity index (χ2v) is 6.01. The van der Waals surface area contributed by atoms with Crippen molar-refractivity contribution >= 4 is 11.9 Å². The van der Waals surface area contributed by atoms with E-state index in [1.807, 2.05) is 18.2 Å². The molecule has 2 rings (SSSR count). The fourth-order valence-electron chi connectivity index (χ4n) is 3.16.